The molecule has 5 nitrogen and oxygen atoms in total. The van der Waals surface area contributed by atoms with E-state index in [0.717, 1.165) is 0 Å². The number of nitrogens with zero attached hydrogens (tertiary/aromatic N) is 1. The number of halogens is 3. The number of nitrogens with one attached hydrogen (secondary N) is 1. The van der Waals surface area contributed by atoms with Crippen LogP contribution in [0.15, 0.2) is 41.2 Å². The maximum atomic E-state index is 12.2. The van der Waals surface area contributed by atoms with E-state index in [1.807, 2.05) is 0 Å². The molecule has 0 spiro atoms. The van der Waals surface area contributed by atoms with Crippen molar-refractivity contribution in [3.63, 3.8) is 0 Å². The van der Waals surface area contributed by atoms with Crippen LogP contribution in [0, 0.1) is 0 Å². The standard InChI is InChI=1S/C17H9Cl3N2O3/c18-11-4-1-8(5-12(11)19)6-13(20)15-21-14-7-9(17(24)25)2-3-10(14)16(23)22-15/h1-7H,(H,24,25)(H,21,22,23)/p-1/b13-6-. The molecule has 1 aromatic heterocycles. The van der Waals surface area contributed by atoms with Crippen LogP contribution < -0.4 is 10.7 Å². The lowest BCUT2D eigenvalue weighted by Crippen LogP contribution is -2.22. The fourth-order valence-corrected chi connectivity index (χ4v) is 2.72. The number of aromatic nitrogens is 2. The van der Waals surface area contributed by atoms with Crippen molar-refractivity contribution in [3.05, 3.63) is 73.7 Å². The van der Waals surface area contributed by atoms with Gasteiger partial charge in [0, 0.05) is 0 Å². The lowest BCUT2D eigenvalue weighted by Gasteiger charge is -2.06. The van der Waals surface area contributed by atoms with Gasteiger partial charge in [0.05, 0.1) is 31.9 Å². The van der Waals surface area contributed by atoms with E-state index in [9.17, 15) is 14.7 Å². The van der Waals surface area contributed by atoms with Crippen LogP contribution in [0.1, 0.15) is 21.7 Å². The highest BCUT2D eigenvalue weighted by atomic mass is 35.5. The first-order valence-corrected chi connectivity index (χ1v) is 8.06. The summed E-state index contributed by atoms with van der Waals surface area (Å²) in [7, 11) is 0. The molecule has 3 rings (SSSR count). The van der Waals surface area contributed by atoms with E-state index in [2.05, 4.69) is 9.97 Å². The van der Waals surface area contributed by atoms with Crippen LogP contribution in [0.5, 0.6) is 0 Å². The highest BCUT2D eigenvalue weighted by molar-refractivity contribution is 6.50. The van der Waals surface area contributed by atoms with Crippen molar-refractivity contribution in [3.8, 4) is 0 Å². The molecule has 1 N–H and O–H groups in total. The minimum Gasteiger partial charge on any atom is -0.545 e. The van der Waals surface area contributed by atoms with Gasteiger partial charge < -0.3 is 14.9 Å². The Kier molecular flexibility index (Phi) is 4.81. The van der Waals surface area contributed by atoms with Crippen molar-refractivity contribution < 1.29 is 9.90 Å². The molecule has 0 saturated carbocycles. The number of hydrogen-bond donors (Lipinski definition) is 1. The van der Waals surface area contributed by atoms with Gasteiger partial charge in [-0.3, -0.25) is 4.79 Å². The number of H-pyrrole nitrogens is 1. The van der Waals surface area contributed by atoms with Crippen molar-refractivity contribution in [2.24, 2.45) is 0 Å². The SMILES string of the molecule is O=C([O-])c1ccc2c(=O)[nH]c(/C(Cl)=C/c3ccc(Cl)c(Cl)c3)nc2c1. The molecule has 0 bridgehead atoms. The van der Waals surface area contributed by atoms with Crippen molar-refractivity contribution in [1.82, 2.24) is 9.97 Å². The Morgan fingerprint density at radius 1 is 1.12 bits per heavy atom. The molecule has 8 heteroatoms. The zero-order chi connectivity index (χ0) is 18.1. The molecule has 0 amide bonds. The lowest BCUT2D eigenvalue weighted by atomic mass is 10.1. The van der Waals surface area contributed by atoms with Crippen molar-refractivity contribution in [2.45, 2.75) is 0 Å². The van der Waals surface area contributed by atoms with Crippen molar-refractivity contribution in [2.75, 3.05) is 0 Å². The summed E-state index contributed by atoms with van der Waals surface area (Å²) < 4.78 is 0. The van der Waals surface area contributed by atoms with E-state index in [-0.39, 0.29) is 27.3 Å². The van der Waals surface area contributed by atoms with Gasteiger partial charge in [-0.2, -0.15) is 0 Å². The molecule has 126 valence electrons. The van der Waals surface area contributed by atoms with E-state index >= 15 is 0 Å². The first-order valence-electron chi connectivity index (χ1n) is 6.93. The van der Waals surface area contributed by atoms with Crippen LogP contribution in [0.3, 0.4) is 0 Å². The summed E-state index contributed by atoms with van der Waals surface area (Å²) in [4.78, 5) is 29.9. The zero-order valence-electron chi connectivity index (χ0n) is 12.3. The van der Waals surface area contributed by atoms with Gasteiger partial charge in [0.15, 0.2) is 5.82 Å². The Morgan fingerprint density at radius 3 is 2.56 bits per heavy atom. The molecule has 0 fully saturated rings. The van der Waals surface area contributed by atoms with Crippen LogP contribution in [0.2, 0.25) is 10.0 Å². The van der Waals surface area contributed by atoms with Gasteiger partial charge in [-0.15, -0.1) is 0 Å². The molecule has 2 aromatic carbocycles. The first-order chi connectivity index (χ1) is 11.8. The lowest BCUT2D eigenvalue weighted by molar-refractivity contribution is -0.255. The van der Waals surface area contributed by atoms with Crippen LogP contribution >= 0.6 is 34.8 Å². The Hall–Kier alpha value is -2.34. The Labute approximate surface area is 156 Å². The fraction of sp³-hybridized carbons (Fsp3) is 0. The molecule has 0 unspecified atom stereocenters. The van der Waals surface area contributed by atoms with Gasteiger partial charge in [0.2, 0.25) is 0 Å². The van der Waals surface area contributed by atoms with E-state index in [0.29, 0.717) is 15.6 Å². The summed E-state index contributed by atoms with van der Waals surface area (Å²) in [6.45, 7) is 0. The van der Waals surface area contributed by atoms with Gasteiger partial charge in [-0.05, 0) is 41.5 Å². The second kappa shape index (κ2) is 6.88. The number of aromatic amines is 1. The third-order valence-electron chi connectivity index (χ3n) is 3.41. The smallest absolute Gasteiger partial charge is 0.259 e. The summed E-state index contributed by atoms with van der Waals surface area (Å²) in [5, 5.41) is 12.1. The molecule has 0 saturated heterocycles. The number of carbonyl (C=O) groups is 1. The molecule has 0 aliphatic heterocycles. The quantitative estimate of drug-likeness (QED) is 0.738. The highest BCUT2D eigenvalue weighted by Crippen LogP contribution is 2.26. The van der Waals surface area contributed by atoms with Crippen LogP contribution in [0.4, 0.5) is 0 Å². The molecule has 0 radical (unpaired) electrons. The average molecular weight is 395 g/mol. The second-order valence-corrected chi connectivity index (χ2v) is 6.32. The number of fused-ring (bicyclic) bond motifs is 1. The van der Waals surface area contributed by atoms with Crippen LogP contribution in [-0.4, -0.2) is 15.9 Å². The molecule has 25 heavy (non-hydrogen) atoms. The number of benzene rings is 2. The molecular weight excluding hydrogens is 387 g/mol. The molecular formula is C17H8Cl3N2O3-. The predicted molar refractivity (Wildman–Crippen MR) is 96.9 cm³/mol. The second-order valence-electron chi connectivity index (χ2n) is 5.10. The average Bonchev–Trinajstić information content (AvgIpc) is 2.57. The Bertz CT molecular complexity index is 1090. The monoisotopic (exact) mass is 393 g/mol. The third-order valence-corrected chi connectivity index (χ3v) is 4.43. The Morgan fingerprint density at radius 2 is 1.88 bits per heavy atom. The molecule has 3 aromatic rings. The zero-order valence-corrected chi connectivity index (χ0v) is 14.6. The Balaban J connectivity index is 2.10. The van der Waals surface area contributed by atoms with Crippen LogP contribution in [0.25, 0.3) is 22.0 Å². The maximum absolute atomic E-state index is 12.2. The number of aromatic carboxylic acids is 1. The topological polar surface area (TPSA) is 85.9 Å². The van der Waals surface area contributed by atoms with Gasteiger partial charge in [-0.25, -0.2) is 4.98 Å². The van der Waals surface area contributed by atoms with E-state index < -0.39 is 11.5 Å². The predicted octanol–water partition coefficient (Wildman–Crippen LogP) is 3.33. The summed E-state index contributed by atoms with van der Waals surface area (Å²) in [5.74, 6) is -1.26. The first kappa shape index (κ1) is 17.5. The van der Waals surface area contributed by atoms with Gasteiger partial charge >= 0.3 is 0 Å². The van der Waals surface area contributed by atoms with Gasteiger partial charge in [0.25, 0.3) is 5.56 Å². The largest absolute Gasteiger partial charge is 0.545 e. The number of carboxylic acid groups (broad SMARTS) is 1. The van der Waals surface area contributed by atoms with E-state index in [1.54, 1.807) is 24.3 Å². The molecule has 0 aliphatic rings. The molecule has 1 heterocycles. The number of hydrogen-bond acceptors (Lipinski definition) is 4. The number of carboxylic acids is 1. The summed E-state index contributed by atoms with van der Waals surface area (Å²) in [6, 6.07) is 8.83. The number of carbonyl (C=O) groups excluding carboxylic acids is 1. The molecule has 0 atom stereocenters. The van der Waals surface area contributed by atoms with Gasteiger partial charge in [0.1, 0.15) is 0 Å². The summed E-state index contributed by atoms with van der Waals surface area (Å²) in [6.07, 6.45) is 1.55. The summed E-state index contributed by atoms with van der Waals surface area (Å²) >= 11 is 18.0. The minimum absolute atomic E-state index is 0.0823. The minimum atomic E-state index is -1.36. The highest BCUT2D eigenvalue weighted by Gasteiger charge is 2.08. The van der Waals surface area contributed by atoms with Crippen molar-refractivity contribution >= 4 is 62.8 Å². The van der Waals surface area contributed by atoms with Crippen LogP contribution in [-0.2, 0) is 0 Å². The normalized spacial score (nSPS) is 11.7. The van der Waals surface area contributed by atoms with Gasteiger partial charge in [-0.1, -0.05) is 46.9 Å². The van der Waals surface area contributed by atoms with E-state index in [1.165, 1.54) is 18.2 Å². The third kappa shape index (κ3) is 3.69. The summed E-state index contributed by atoms with van der Waals surface area (Å²) in [5.41, 5.74) is 0.332. The maximum Gasteiger partial charge on any atom is 0.259 e. The fourth-order valence-electron chi connectivity index (χ4n) is 2.20. The number of rotatable bonds is 3. The van der Waals surface area contributed by atoms with Crippen molar-refractivity contribution in [1.29, 1.82) is 0 Å². The van der Waals surface area contributed by atoms with E-state index in [4.69, 9.17) is 34.8 Å². The molecule has 0 aliphatic carbocycles.